The number of halogens is 3. The topological polar surface area (TPSA) is 77.2 Å². The van der Waals surface area contributed by atoms with Gasteiger partial charge in [-0.1, -0.05) is 176 Å². The summed E-state index contributed by atoms with van der Waals surface area (Å²) >= 11 is 0. The molecule has 14 aromatic carbocycles. The molecule has 0 atom stereocenters. The Balaban J connectivity index is 0.972. The molecule has 0 aliphatic carbocycles. The maximum absolute atomic E-state index is 16.8. The molecule has 98 heavy (non-hydrogen) atoms. The van der Waals surface area contributed by atoms with Crippen LogP contribution in [0.5, 0.6) is 0 Å². The van der Waals surface area contributed by atoms with E-state index in [-0.39, 0.29) is 22.3 Å². The van der Waals surface area contributed by atoms with Gasteiger partial charge >= 0.3 is 6.18 Å². The van der Waals surface area contributed by atoms with Gasteiger partial charge in [0, 0.05) is 92.9 Å². The van der Waals surface area contributed by atoms with Crippen molar-refractivity contribution >= 4 is 131 Å². The van der Waals surface area contributed by atoms with E-state index in [4.69, 9.17) is 0 Å². The van der Waals surface area contributed by atoms with Crippen molar-refractivity contribution in [3.05, 3.63) is 314 Å². The lowest BCUT2D eigenvalue weighted by molar-refractivity contribution is -0.137. The maximum atomic E-state index is 16.8. The van der Waals surface area contributed by atoms with Crippen LogP contribution in [0.15, 0.2) is 297 Å². The van der Waals surface area contributed by atoms with Gasteiger partial charge in [0.1, 0.15) is 0 Å². The number of nitriles is 2. The van der Waals surface area contributed by atoms with Gasteiger partial charge < -0.3 is 27.4 Å². The zero-order valence-corrected chi connectivity index (χ0v) is 52.0. The number of hydrogen-bond donors (Lipinski definition) is 0. The predicted molar refractivity (Wildman–Crippen MR) is 392 cm³/mol. The number of hydrogen-bond acceptors (Lipinski definition) is 2. The Morgan fingerprint density at radius 2 is 0.480 bits per heavy atom. The molecule has 8 nitrogen and oxygen atoms in total. The first-order valence-electron chi connectivity index (χ1n) is 32.5. The molecule has 0 aliphatic rings. The smallest absolute Gasteiger partial charge is 0.309 e. The van der Waals surface area contributed by atoms with Crippen LogP contribution in [-0.4, -0.2) is 27.4 Å². The van der Waals surface area contributed by atoms with E-state index in [9.17, 15) is 10.5 Å². The molecule has 458 valence electrons. The summed E-state index contributed by atoms with van der Waals surface area (Å²) in [5.41, 5.74) is 13.6. The van der Waals surface area contributed by atoms with E-state index in [0.717, 1.165) is 138 Å². The number of benzene rings is 14. The molecule has 0 bridgehead atoms. The number of aromatic nitrogens is 6. The summed E-state index contributed by atoms with van der Waals surface area (Å²) in [5, 5.41) is 34.3. The summed E-state index contributed by atoms with van der Waals surface area (Å²) in [6.07, 6.45) is -4.98. The van der Waals surface area contributed by atoms with Gasteiger partial charge in [0.25, 0.3) is 0 Å². The molecule has 6 aromatic heterocycles. The molecule has 20 aromatic rings. The third kappa shape index (κ3) is 7.81. The number of fused-ring (bicyclic) bond motifs is 18. The van der Waals surface area contributed by atoms with Gasteiger partial charge in [0.05, 0.1) is 106 Å². The minimum atomic E-state index is -4.98. The monoisotopic (exact) mass is 1260 g/mol. The third-order valence-corrected chi connectivity index (χ3v) is 20.3. The second-order valence-electron chi connectivity index (χ2n) is 25.3. The van der Waals surface area contributed by atoms with E-state index in [1.807, 2.05) is 103 Å². The van der Waals surface area contributed by atoms with Gasteiger partial charge in [-0.2, -0.15) is 23.7 Å². The third-order valence-electron chi connectivity index (χ3n) is 20.3. The second kappa shape index (κ2) is 20.6. The Morgan fingerprint density at radius 3 is 0.724 bits per heavy atom. The van der Waals surface area contributed by atoms with Crippen molar-refractivity contribution in [3.63, 3.8) is 0 Å². The fourth-order valence-electron chi connectivity index (χ4n) is 16.2. The Bertz CT molecular complexity index is 6040. The standard InChI is InChI=1S/C87H49F3N8/c88-87(89,90)71-43-52(50-91)33-38-70(71)86-84(97-80-46-54(93-72-25-9-1-17-58(72)59-18-2-10-26-73(59)93)34-39-66(80)67-40-35-55(47-81(67)97)94-74-27-11-3-19-60(74)61-20-4-12-28-75(61)94)44-53(51-92)45-85(86)98-82-48-56(95-76-29-13-5-21-62(76)63-22-6-14-30-77(63)95)36-41-68(82)69-42-37-57(49-83(69)98)96-78-31-15-7-23-64(78)65-24-8-16-32-79(65)96/h1-49H. The molecule has 0 N–H and O–H groups in total. The van der Waals surface area contributed by atoms with Crippen LogP contribution in [0.25, 0.3) is 176 Å². The molecule has 6 heterocycles. The first-order valence-corrected chi connectivity index (χ1v) is 32.5. The van der Waals surface area contributed by atoms with Crippen LogP contribution in [0.1, 0.15) is 16.7 Å². The molecule has 0 saturated carbocycles. The minimum Gasteiger partial charge on any atom is -0.309 e. The molecule has 0 spiro atoms. The summed E-state index contributed by atoms with van der Waals surface area (Å²) < 4.78 is 63.6. The molecule has 0 aliphatic heterocycles. The normalized spacial score (nSPS) is 12.2. The van der Waals surface area contributed by atoms with Gasteiger partial charge in [-0.15, -0.1) is 0 Å². The highest BCUT2D eigenvalue weighted by molar-refractivity contribution is 6.17. The van der Waals surface area contributed by atoms with Crippen molar-refractivity contribution in [2.45, 2.75) is 6.18 Å². The number of rotatable bonds is 7. The lowest BCUT2D eigenvalue weighted by atomic mass is 9.92. The number of alkyl halides is 3. The average Bonchev–Trinajstić information content (AvgIpc) is 1.48. The van der Waals surface area contributed by atoms with Crippen LogP contribution in [0.3, 0.4) is 0 Å². The molecule has 0 fully saturated rings. The van der Waals surface area contributed by atoms with Crippen LogP contribution >= 0.6 is 0 Å². The summed E-state index contributed by atoms with van der Waals surface area (Å²) in [7, 11) is 0. The fourth-order valence-corrected chi connectivity index (χ4v) is 16.2. The molecule has 0 radical (unpaired) electrons. The zero-order valence-electron chi connectivity index (χ0n) is 52.0. The van der Waals surface area contributed by atoms with Crippen molar-refractivity contribution in [2.75, 3.05) is 0 Å². The van der Waals surface area contributed by atoms with Gasteiger partial charge in [0.15, 0.2) is 0 Å². The first kappa shape index (κ1) is 55.1. The highest BCUT2D eigenvalue weighted by Gasteiger charge is 2.37. The predicted octanol–water partition coefficient (Wildman–Crippen LogP) is 22.7. The summed E-state index contributed by atoms with van der Waals surface area (Å²) in [6, 6.07) is 104. The van der Waals surface area contributed by atoms with Crippen molar-refractivity contribution < 1.29 is 13.2 Å². The zero-order chi connectivity index (χ0) is 65.2. The summed E-state index contributed by atoms with van der Waals surface area (Å²) in [6.45, 7) is 0. The molecule has 20 rings (SSSR count). The molecular weight excluding hydrogens is 1210 g/mol. The minimum absolute atomic E-state index is 0.148. The summed E-state index contributed by atoms with van der Waals surface area (Å²) in [4.78, 5) is 0. The lowest BCUT2D eigenvalue weighted by Crippen LogP contribution is -2.11. The van der Waals surface area contributed by atoms with Crippen molar-refractivity contribution in [1.29, 1.82) is 10.5 Å². The van der Waals surface area contributed by atoms with E-state index >= 15 is 13.2 Å². The summed E-state index contributed by atoms with van der Waals surface area (Å²) in [5.74, 6) is 0. The molecule has 0 unspecified atom stereocenters. The van der Waals surface area contributed by atoms with Crippen LogP contribution < -0.4 is 0 Å². The second-order valence-corrected chi connectivity index (χ2v) is 25.3. The quantitative estimate of drug-likeness (QED) is 0.159. The molecule has 11 heteroatoms. The van der Waals surface area contributed by atoms with Crippen LogP contribution in [-0.2, 0) is 6.18 Å². The molecule has 0 saturated heterocycles. The highest BCUT2D eigenvalue weighted by atomic mass is 19.4. The van der Waals surface area contributed by atoms with E-state index < -0.39 is 11.7 Å². The van der Waals surface area contributed by atoms with Crippen molar-refractivity contribution in [3.8, 4) is 57.4 Å². The Labute approximate surface area is 556 Å². The Morgan fingerprint density at radius 1 is 0.235 bits per heavy atom. The Kier molecular flexibility index (Phi) is 11.6. The fraction of sp³-hybridized carbons (Fsp3) is 0.0115. The van der Waals surface area contributed by atoms with Crippen LogP contribution in [0.4, 0.5) is 13.2 Å². The number of para-hydroxylation sites is 8. The van der Waals surface area contributed by atoms with E-state index in [0.29, 0.717) is 33.4 Å². The SMILES string of the molecule is N#Cc1cc(-n2c3cc(-n4c5ccccc5c5ccccc54)ccc3c3ccc(-n4c5ccccc5c5ccccc54)cc32)c(-c2ccc(C#N)cc2C(F)(F)F)c(-n2c3cc(-n4c5ccccc5c5ccccc54)ccc3c3ccc(-n4c5ccccc5c5ccccc54)cc32)c1. The first-order chi connectivity index (χ1) is 48.2. The highest BCUT2D eigenvalue weighted by Crippen LogP contribution is 2.49. The van der Waals surface area contributed by atoms with E-state index in [1.165, 1.54) is 12.1 Å². The van der Waals surface area contributed by atoms with E-state index in [2.05, 4.69) is 203 Å². The van der Waals surface area contributed by atoms with Crippen LogP contribution in [0.2, 0.25) is 0 Å². The maximum Gasteiger partial charge on any atom is 0.417 e. The average molecular weight is 1260 g/mol. The molecular formula is C87H49F3N8. The van der Waals surface area contributed by atoms with Gasteiger partial charge in [0.2, 0.25) is 0 Å². The van der Waals surface area contributed by atoms with Gasteiger partial charge in [-0.25, -0.2) is 0 Å². The molecule has 0 amide bonds. The van der Waals surface area contributed by atoms with Crippen LogP contribution in [0, 0.1) is 22.7 Å². The Hall–Kier alpha value is -13.4. The number of nitrogens with zero attached hydrogens (tertiary/aromatic N) is 8. The van der Waals surface area contributed by atoms with Gasteiger partial charge in [-0.05, 0) is 127 Å². The van der Waals surface area contributed by atoms with Crippen molar-refractivity contribution in [1.82, 2.24) is 27.4 Å². The van der Waals surface area contributed by atoms with E-state index in [1.54, 1.807) is 12.1 Å². The lowest BCUT2D eigenvalue weighted by Gasteiger charge is -2.23. The van der Waals surface area contributed by atoms with Crippen molar-refractivity contribution in [2.24, 2.45) is 0 Å². The largest absolute Gasteiger partial charge is 0.417 e. The van der Waals surface area contributed by atoms with Gasteiger partial charge in [-0.3, -0.25) is 0 Å².